The topological polar surface area (TPSA) is 12.0 Å². The summed E-state index contributed by atoms with van der Waals surface area (Å²) in [5, 5.41) is 3.78. The molecule has 0 aromatic carbocycles. The highest BCUT2D eigenvalue weighted by Gasteiger charge is 2.31. The van der Waals surface area contributed by atoms with Gasteiger partial charge in [0, 0.05) is 12.1 Å². The molecule has 19 heavy (non-hydrogen) atoms. The molecule has 2 bridgehead atoms. The molecule has 1 heteroatoms. The van der Waals surface area contributed by atoms with Gasteiger partial charge < -0.3 is 5.32 Å². The van der Waals surface area contributed by atoms with E-state index in [1.54, 1.807) is 0 Å². The van der Waals surface area contributed by atoms with Gasteiger partial charge in [0.05, 0.1) is 0 Å². The Morgan fingerprint density at radius 2 is 1.42 bits per heavy atom. The first kappa shape index (κ1) is 15.1. The van der Waals surface area contributed by atoms with E-state index in [4.69, 9.17) is 0 Å². The lowest BCUT2D eigenvalue weighted by Crippen LogP contribution is -2.35. The third-order valence-corrected chi connectivity index (χ3v) is 4.98. The van der Waals surface area contributed by atoms with Crippen LogP contribution in [0.2, 0.25) is 0 Å². The van der Waals surface area contributed by atoms with Crippen LogP contribution in [0.5, 0.6) is 0 Å². The van der Waals surface area contributed by atoms with Crippen LogP contribution in [-0.2, 0) is 0 Å². The van der Waals surface area contributed by atoms with Gasteiger partial charge in [-0.25, -0.2) is 0 Å². The zero-order valence-electron chi connectivity index (χ0n) is 13.1. The highest BCUT2D eigenvalue weighted by Crippen LogP contribution is 2.35. The fourth-order valence-electron chi connectivity index (χ4n) is 3.85. The third kappa shape index (κ3) is 4.63. The number of unbranched alkanes of at least 4 members (excludes halogenated alkanes) is 4. The second kappa shape index (κ2) is 8.09. The summed E-state index contributed by atoms with van der Waals surface area (Å²) in [5.41, 5.74) is 3.72. The van der Waals surface area contributed by atoms with E-state index < -0.39 is 0 Å². The summed E-state index contributed by atoms with van der Waals surface area (Å²) in [6.07, 6.45) is 16.7. The zero-order valence-corrected chi connectivity index (χ0v) is 13.1. The average Bonchev–Trinajstić information content (AvgIpc) is 2.76. The Morgan fingerprint density at radius 1 is 0.895 bits per heavy atom. The number of hydrogen-bond acceptors (Lipinski definition) is 1. The van der Waals surface area contributed by atoms with E-state index in [1.807, 2.05) is 11.1 Å². The maximum absolute atomic E-state index is 3.78. The fraction of sp³-hybridized carbons (Fsp3) is 0.889. The van der Waals surface area contributed by atoms with Crippen LogP contribution in [0.15, 0.2) is 11.1 Å². The van der Waals surface area contributed by atoms with Crippen molar-refractivity contribution in [3.63, 3.8) is 0 Å². The molecule has 0 radical (unpaired) electrons. The van der Waals surface area contributed by atoms with Gasteiger partial charge in [-0.3, -0.25) is 0 Å². The SMILES string of the molecule is CCCCCC(CCCCC)=C1CC2CCC(C1)N2. The highest BCUT2D eigenvalue weighted by atomic mass is 15.0. The molecule has 0 saturated carbocycles. The summed E-state index contributed by atoms with van der Waals surface area (Å²) in [6, 6.07) is 1.64. The number of fused-ring (bicyclic) bond motifs is 2. The number of allylic oxidation sites excluding steroid dienone is 1. The molecule has 110 valence electrons. The average molecular weight is 263 g/mol. The molecule has 0 amide bonds. The molecule has 2 saturated heterocycles. The van der Waals surface area contributed by atoms with Crippen molar-refractivity contribution in [2.45, 2.75) is 103 Å². The molecule has 2 heterocycles. The Kier molecular flexibility index (Phi) is 6.43. The molecule has 2 fully saturated rings. The van der Waals surface area contributed by atoms with Gasteiger partial charge in [-0.05, 0) is 51.4 Å². The zero-order chi connectivity index (χ0) is 13.5. The number of piperidine rings is 1. The Labute approximate surface area is 120 Å². The minimum atomic E-state index is 0.820. The van der Waals surface area contributed by atoms with E-state index >= 15 is 0 Å². The standard InChI is InChI=1S/C18H33N/c1-3-5-7-9-15(10-8-6-4-2)16-13-17-11-12-18(14-16)19-17/h17-19H,3-14H2,1-2H3. The van der Waals surface area contributed by atoms with Gasteiger partial charge in [-0.15, -0.1) is 0 Å². The summed E-state index contributed by atoms with van der Waals surface area (Å²) in [7, 11) is 0. The van der Waals surface area contributed by atoms with E-state index in [-0.39, 0.29) is 0 Å². The van der Waals surface area contributed by atoms with Crippen LogP contribution in [0.3, 0.4) is 0 Å². The lowest BCUT2D eigenvalue weighted by Gasteiger charge is -2.27. The summed E-state index contributed by atoms with van der Waals surface area (Å²) >= 11 is 0. The van der Waals surface area contributed by atoms with Crippen LogP contribution in [-0.4, -0.2) is 12.1 Å². The van der Waals surface area contributed by atoms with Gasteiger partial charge in [0.2, 0.25) is 0 Å². The second-order valence-corrected chi connectivity index (χ2v) is 6.67. The van der Waals surface area contributed by atoms with Gasteiger partial charge in [0.15, 0.2) is 0 Å². The maximum atomic E-state index is 3.78. The van der Waals surface area contributed by atoms with Crippen molar-refractivity contribution in [3.05, 3.63) is 11.1 Å². The van der Waals surface area contributed by atoms with E-state index in [1.165, 1.54) is 77.0 Å². The van der Waals surface area contributed by atoms with Crippen molar-refractivity contribution < 1.29 is 0 Å². The Balaban J connectivity index is 1.93. The quantitative estimate of drug-likeness (QED) is 0.459. The van der Waals surface area contributed by atoms with Gasteiger partial charge >= 0.3 is 0 Å². The first-order valence-corrected chi connectivity index (χ1v) is 8.79. The Hall–Kier alpha value is -0.300. The predicted octanol–water partition coefficient (Wildman–Crippen LogP) is 5.36. The normalized spacial score (nSPS) is 25.9. The number of hydrogen-bond donors (Lipinski definition) is 1. The van der Waals surface area contributed by atoms with Crippen molar-refractivity contribution in [2.24, 2.45) is 0 Å². The third-order valence-electron chi connectivity index (χ3n) is 4.98. The molecule has 0 aromatic heterocycles. The maximum Gasteiger partial charge on any atom is 0.0108 e. The van der Waals surface area contributed by atoms with Gasteiger partial charge in [-0.1, -0.05) is 50.7 Å². The van der Waals surface area contributed by atoms with Crippen molar-refractivity contribution in [1.82, 2.24) is 5.32 Å². The summed E-state index contributed by atoms with van der Waals surface area (Å²) in [5.74, 6) is 0. The molecule has 2 aliphatic heterocycles. The van der Waals surface area contributed by atoms with E-state index in [2.05, 4.69) is 19.2 Å². The molecule has 1 nitrogen and oxygen atoms in total. The smallest absolute Gasteiger partial charge is 0.0108 e. The highest BCUT2D eigenvalue weighted by molar-refractivity contribution is 5.21. The summed E-state index contributed by atoms with van der Waals surface area (Å²) in [4.78, 5) is 0. The molecule has 0 aromatic rings. The first-order chi connectivity index (χ1) is 9.33. The minimum Gasteiger partial charge on any atom is -0.311 e. The lowest BCUT2D eigenvalue weighted by atomic mass is 9.88. The lowest BCUT2D eigenvalue weighted by molar-refractivity contribution is 0.465. The van der Waals surface area contributed by atoms with Crippen LogP contribution in [0, 0.1) is 0 Å². The summed E-state index contributed by atoms with van der Waals surface area (Å²) < 4.78 is 0. The molecular formula is C18H33N. The molecule has 0 spiro atoms. The Morgan fingerprint density at radius 3 is 1.89 bits per heavy atom. The van der Waals surface area contributed by atoms with Crippen molar-refractivity contribution >= 4 is 0 Å². The van der Waals surface area contributed by atoms with Crippen LogP contribution < -0.4 is 5.32 Å². The molecule has 1 N–H and O–H groups in total. The largest absolute Gasteiger partial charge is 0.311 e. The van der Waals surface area contributed by atoms with Gasteiger partial charge in [-0.2, -0.15) is 0 Å². The molecule has 2 rings (SSSR count). The molecule has 2 aliphatic rings. The van der Waals surface area contributed by atoms with Crippen molar-refractivity contribution in [3.8, 4) is 0 Å². The number of nitrogens with one attached hydrogen (secondary N) is 1. The van der Waals surface area contributed by atoms with Crippen LogP contribution >= 0.6 is 0 Å². The Bertz CT molecular complexity index is 266. The van der Waals surface area contributed by atoms with Crippen LogP contribution in [0.25, 0.3) is 0 Å². The van der Waals surface area contributed by atoms with Crippen LogP contribution in [0.4, 0.5) is 0 Å². The molecular weight excluding hydrogens is 230 g/mol. The second-order valence-electron chi connectivity index (χ2n) is 6.67. The minimum absolute atomic E-state index is 0.820. The van der Waals surface area contributed by atoms with Crippen molar-refractivity contribution in [1.29, 1.82) is 0 Å². The predicted molar refractivity (Wildman–Crippen MR) is 84.5 cm³/mol. The summed E-state index contributed by atoms with van der Waals surface area (Å²) in [6.45, 7) is 4.63. The van der Waals surface area contributed by atoms with E-state index in [0.29, 0.717) is 0 Å². The van der Waals surface area contributed by atoms with Gasteiger partial charge in [0.1, 0.15) is 0 Å². The van der Waals surface area contributed by atoms with E-state index in [9.17, 15) is 0 Å². The fourth-order valence-corrected chi connectivity index (χ4v) is 3.85. The van der Waals surface area contributed by atoms with Crippen molar-refractivity contribution in [2.75, 3.05) is 0 Å². The van der Waals surface area contributed by atoms with Gasteiger partial charge in [0.25, 0.3) is 0 Å². The molecule has 2 atom stereocenters. The van der Waals surface area contributed by atoms with Crippen LogP contribution in [0.1, 0.15) is 90.9 Å². The monoisotopic (exact) mass is 263 g/mol. The molecule has 2 unspecified atom stereocenters. The molecule has 0 aliphatic carbocycles. The first-order valence-electron chi connectivity index (χ1n) is 8.79. The van der Waals surface area contributed by atoms with E-state index in [0.717, 1.165) is 12.1 Å². The number of rotatable bonds is 8.